The van der Waals surface area contributed by atoms with E-state index in [1.54, 1.807) is 19.2 Å². The molecular weight excluding hydrogens is 334 g/mol. The van der Waals surface area contributed by atoms with Crippen molar-refractivity contribution in [2.75, 3.05) is 26.1 Å². The number of unbranched alkanes of at least 4 members (excludes halogenated alkanes) is 1. The summed E-state index contributed by atoms with van der Waals surface area (Å²) in [5.41, 5.74) is 6.47. The molecule has 0 aliphatic rings. The first kappa shape index (κ1) is 21.6. The standard InChI is InChI=1S/C19H31N3O4/c1-6-8-9-21-14-11-16(26-5)15(25-4)10-13(14)19(24)22-17(18(20)23)12(3)7-2/h10-12,17,21H,6-9H2,1-5H3,(H2,20,23)(H,22,24). The van der Waals surface area contributed by atoms with Crippen LogP contribution in [-0.2, 0) is 4.79 Å². The zero-order valence-electron chi connectivity index (χ0n) is 16.3. The summed E-state index contributed by atoms with van der Waals surface area (Å²) in [6.45, 7) is 6.63. The molecule has 0 heterocycles. The minimum atomic E-state index is -0.732. The highest BCUT2D eigenvalue weighted by Gasteiger charge is 2.26. The van der Waals surface area contributed by atoms with Crippen LogP contribution >= 0.6 is 0 Å². The number of carbonyl (C=O) groups is 2. The first-order valence-electron chi connectivity index (χ1n) is 8.99. The number of nitrogens with one attached hydrogen (secondary N) is 2. The fourth-order valence-corrected chi connectivity index (χ4v) is 2.56. The Labute approximate surface area is 155 Å². The molecule has 7 heteroatoms. The zero-order chi connectivity index (χ0) is 19.7. The van der Waals surface area contributed by atoms with E-state index >= 15 is 0 Å². The number of amides is 2. The molecule has 0 fully saturated rings. The molecule has 0 spiro atoms. The summed E-state index contributed by atoms with van der Waals surface area (Å²) in [4.78, 5) is 24.6. The number of methoxy groups -OCH3 is 2. The highest BCUT2D eigenvalue weighted by Crippen LogP contribution is 2.33. The van der Waals surface area contributed by atoms with E-state index in [1.165, 1.54) is 7.11 Å². The average molecular weight is 365 g/mol. The molecule has 1 rings (SSSR count). The quantitative estimate of drug-likeness (QED) is 0.523. The van der Waals surface area contributed by atoms with Gasteiger partial charge in [-0.2, -0.15) is 0 Å². The van der Waals surface area contributed by atoms with Gasteiger partial charge in [-0.05, 0) is 18.4 Å². The molecule has 0 saturated carbocycles. The summed E-state index contributed by atoms with van der Waals surface area (Å²) in [6.07, 6.45) is 2.72. The average Bonchev–Trinajstić information content (AvgIpc) is 2.64. The minimum Gasteiger partial charge on any atom is -0.493 e. The number of nitrogens with two attached hydrogens (primary N) is 1. The minimum absolute atomic E-state index is 0.0619. The molecule has 0 bridgehead atoms. The maximum absolute atomic E-state index is 12.8. The van der Waals surface area contributed by atoms with Crippen molar-refractivity contribution in [3.05, 3.63) is 17.7 Å². The van der Waals surface area contributed by atoms with E-state index in [0.29, 0.717) is 22.7 Å². The molecule has 146 valence electrons. The number of rotatable bonds is 11. The Morgan fingerprint density at radius 3 is 2.27 bits per heavy atom. The Hall–Kier alpha value is -2.44. The molecule has 1 aromatic rings. The van der Waals surface area contributed by atoms with Crippen molar-refractivity contribution < 1.29 is 19.1 Å². The first-order valence-corrected chi connectivity index (χ1v) is 8.99. The van der Waals surface area contributed by atoms with Gasteiger partial charge >= 0.3 is 0 Å². The number of ether oxygens (including phenoxy) is 2. The lowest BCUT2D eigenvalue weighted by Gasteiger charge is -2.22. The van der Waals surface area contributed by atoms with Crippen LogP contribution in [0.5, 0.6) is 11.5 Å². The van der Waals surface area contributed by atoms with Gasteiger partial charge in [-0.15, -0.1) is 0 Å². The summed E-state index contributed by atoms with van der Waals surface area (Å²) in [7, 11) is 3.05. The second kappa shape index (κ2) is 10.5. The van der Waals surface area contributed by atoms with Crippen LogP contribution in [0, 0.1) is 5.92 Å². The van der Waals surface area contributed by atoms with E-state index in [4.69, 9.17) is 15.2 Å². The highest BCUT2D eigenvalue weighted by atomic mass is 16.5. The Bertz CT molecular complexity index is 619. The van der Waals surface area contributed by atoms with Crippen molar-refractivity contribution in [1.82, 2.24) is 5.32 Å². The normalized spacial score (nSPS) is 12.8. The van der Waals surface area contributed by atoms with E-state index in [2.05, 4.69) is 17.6 Å². The lowest BCUT2D eigenvalue weighted by atomic mass is 9.98. The van der Waals surface area contributed by atoms with Crippen molar-refractivity contribution in [1.29, 1.82) is 0 Å². The number of carbonyl (C=O) groups excluding carboxylic acids is 2. The second-order valence-corrected chi connectivity index (χ2v) is 6.27. The van der Waals surface area contributed by atoms with Crippen LogP contribution in [0.15, 0.2) is 12.1 Å². The fourth-order valence-electron chi connectivity index (χ4n) is 2.56. The zero-order valence-corrected chi connectivity index (χ0v) is 16.3. The SMILES string of the molecule is CCCCNc1cc(OC)c(OC)cc1C(=O)NC(C(N)=O)C(C)CC. The van der Waals surface area contributed by atoms with Crippen LogP contribution in [0.1, 0.15) is 50.4 Å². The summed E-state index contributed by atoms with van der Waals surface area (Å²) >= 11 is 0. The third-order valence-electron chi connectivity index (χ3n) is 4.42. The summed E-state index contributed by atoms with van der Waals surface area (Å²) in [6, 6.07) is 2.60. The lowest BCUT2D eigenvalue weighted by molar-refractivity contribution is -0.120. The van der Waals surface area contributed by atoms with Crippen molar-refractivity contribution in [2.45, 2.75) is 46.1 Å². The monoisotopic (exact) mass is 365 g/mol. The predicted molar refractivity (Wildman–Crippen MR) is 103 cm³/mol. The van der Waals surface area contributed by atoms with Gasteiger partial charge in [-0.25, -0.2) is 0 Å². The number of hydrogen-bond acceptors (Lipinski definition) is 5. The Morgan fingerprint density at radius 2 is 1.77 bits per heavy atom. The molecule has 7 nitrogen and oxygen atoms in total. The number of benzene rings is 1. The molecule has 1 aromatic carbocycles. The largest absolute Gasteiger partial charge is 0.493 e. The molecule has 0 aromatic heterocycles. The van der Waals surface area contributed by atoms with Crippen LogP contribution in [0.3, 0.4) is 0 Å². The lowest BCUT2D eigenvalue weighted by Crippen LogP contribution is -2.48. The molecular formula is C19H31N3O4. The number of primary amides is 1. The Balaban J connectivity index is 3.20. The van der Waals surface area contributed by atoms with E-state index < -0.39 is 11.9 Å². The van der Waals surface area contributed by atoms with Crippen LogP contribution < -0.4 is 25.8 Å². The van der Waals surface area contributed by atoms with Crippen molar-refractivity contribution >= 4 is 17.5 Å². The Kier molecular flexibility index (Phi) is 8.75. The van der Waals surface area contributed by atoms with Gasteiger partial charge in [0.2, 0.25) is 5.91 Å². The van der Waals surface area contributed by atoms with E-state index in [9.17, 15) is 9.59 Å². The van der Waals surface area contributed by atoms with Gasteiger partial charge in [-0.3, -0.25) is 9.59 Å². The maximum atomic E-state index is 12.8. The molecule has 4 N–H and O–H groups in total. The van der Waals surface area contributed by atoms with Crippen molar-refractivity contribution in [3.63, 3.8) is 0 Å². The molecule has 2 amide bonds. The van der Waals surface area contributed by atoms with Crippen LogP contribution in [0.25, 0.3) is 0 Å². The Morgan fingerprint density at radius 1 is 1.15 bits per heavy atom. The van der Waals surface area contributed by atoms with Gasteiger partial charge in [0.1, 0.15) is 6.04 Å². The van der Waals surface area contributed by atoms with Gasteiger partial charge in [0.05, 0.1) is 25.5 Å². The van der Waals surface area contributed by atoms with E-state index in [-0.39, 0.29) is 11.8 Å². The molecule has 2 unspecified atom stereocenters. The predicted octanol–water partition coefficient (Wildman–Crippen LogP) is 2.55. The summed E-state index contributed by atoms with van der Waals surface area (Å²) < 4.78 is 10.6. The fraction of sp³-hybridized carbons (Fsp3) is 0.579. The molecule has 0 aliphatic heterocycles. The van der Waals surface area contributed by atoms with Crippen LogP contribution in [-0.4, -0.2) is 38.6 Å². The van der Waals surface area contributed by atoms with Gasteiger partial charge in [0.15, 0.2) is 11.5 Å². The first-order chi connectivity index (χ1) is 12.4. The summed E-state index contributed by atoms with van der Waals surface area (Å²) in [5.74, 6) is -0.0231. The van der Waals surface area contributed by atoms with E-state index in [1.807, 2.05) is 13.8 Å². The van der Waals surface area contributed by atoms with Gasteiger partial charge in [-0.1, -0.05) is 33.6 Å². The van der Waals surface area contributed by atoms with Gasteiger partial charge in [0, 0.05) is 12.6 Å². The smallest absolute Gasteiger partial charge is 0.254 e. The number of anilines is 1. The van der Waals surface area contributed by atoms with E-state index in [0.717, 1.165) is 25.8 Å². The summed E-state index contributed by atoms with van der Waals surface area (Å²) in [5, 5.41) is 6.01. The van der Waals surface area contributed by atoms with Gasteiger partial charge in [0.25, 0.3) is 5.91 Å². The highest BCUT2D eigenvalue weighted by molar-refractivity contribution is 6.02. The molecule has 0 saturated heterocycles. The van der Waals surface area contributed by atoms with Crippen molar-refractivity contribution in [3.8, 4) is 11.5 Å². The van der Waals surface area contributed by atoms with Crippen molar-refractivity contribution in [2.24, 2.45) is 11.7 Å². The molecule has 0 aliphatic carbocycles. The number of hydrogen-bond donors (Lipinski definition) is 3. The van der Waals surface area contributed by atoms with Crippen LogP contribution in [0.2, 0.25) is 0 Å². The third kappa shape index (κ3) is 5.54. The molecule has 2 atom stereocenters. The molecule has 0 radical (unpaired) electrons. The van der Waals surface area contributed by atoms with Gasteiger partial charge < -0.3 is 25.8 Å². The second-order valence-electron chi connectivity index (χ2n) is 6.27. The topological polar surface area (TPSA) is 103 Å². The molecule has 26 heavy (non-hydrogen) atoms. The third-order valence-corrected chi connectivity index (χ3v) is 4.42. The maximum Gasteiger partial charge on any atom is 0.254 e. The van der Waals surface area contributed by atoms with Crippen LogP contribution in [0.4, 0.5) is 5.69 Å².